The fourth-order valence-corrected chi connectivity index (χ4v) is 3.15. The Morgan fingerprint density at radius 3 is 2.00 bits per heavy atom. The molecule has 2 aliphatic rings. The molecule has 0 amide bonds. The number of rotatable bonds is 2. The normalized spacial score (nSPS) is 17.8. The molecule has 0 atom stereocenters. The summed E-state index contributed by atoms with van der Waals surface area (Å²) in [4.78, 5) is 0. The molecule has 0 radical (unpaired) electrons. The molecule has 1 aromatic heterocycles. The molecule has 26 heavy (non-hydrogen) atoms. The molecule has 0 saturated heterocycles. The minimum absolute atomic E-state index is 0. The van der Waals surface area contributed by atoms with Crippen molar-refractivity contribution in [2.75, 3.05) is 0 Å². The lowest BCUT2D eigenvalue weighted by molar-refractivity contribution is 0.190. The van der Waals surface area contributed by atoms with Gasteiger partial charge in [0.15, 0.2) is 0 Å². The molecule has 0 aliphatic heterocycles. The highest BCUT2D eigenvalue weighted by Gasteiger charge is 2.25. The van der Waals surface area contributed by atoms with Gasteiger partial charge in [-0.3, -0.25) is 0 Å². The third-order valence-electron chi connectivity index (χ3n) is 5.18. The van der Waals surface area contributed by atoms with Crippen molar-refractivity contribution in [3.63, 3.8) is 0 Å². The second-order valence-electron chi connectivity index (χ2n) is 8.13. The van der Waals surface area contributed by atoms with Crippen LogP contribution in [0.3, 0.4) is 0 Å². The van der Waals surface area contributed by atoms with E-state index in [0.29, 0.717) is 5.69 Å². The van der Waals surface area contributed by atoms with E-state index in [-0.39, 0.29) is 7.24 Å². The number of nitrogens with zero attached hydrogens (tertiary/aromatic N) is 3. The molecule has 2 saturated carbocycles. The van der Waals surface area contributed by atoms with Crippen molar-refractivity contribution in [3.05, 3.63) is 42.0 Å². The standard InChI is InChI=1S/C10H10FN3.2C6H12.H2/c1-2-9-7-14(13-12-9)10-5-3-4-8(11)6-10;1-6(2)4-3-5-6;1-2-4-6-5-3-1;/h3-7H,2H2,1H3;3-5H2,1-2H3;1-6H2;1H. The van der Waals surface area contributed by atoms with Gasteiger partial charge in [-0.25, -0.2) is 9.07 Å². The molecule has 4 heteroatoms. The Morgan fingerprint density at radius 2 is 1.62 bits per heavy atom. The number of halogens is 1. The Hall–Kier alpha value is -1.71. The van der Waals surface area contributed by atoms with E-state index in [1.807, 2.05) is 6.92 Å². The molecule has 4 rings (SSSR count). The van der Waals surface area contributed by atoms with Gasteiger partial charge in [0.2, 0.25) is 0 Å². The molecule has 2 aromatic rings. The summed E-state index contributed by atoms with van der Waals surface area (Å²) in [5.41, 5.74) is 2.31. The quantitative estimate of drug-likeness (QED) is 0.592. The lowest BCUT2D eigenvalue weighted by Gasteiger charge is -2.33. The van der Waals surface area contributed by atoms with E-state index in [1.54, 1.807) is 23.0 Å². The summed E-state index contributed by atoms with van der Waals surface area (Å²) in [7, 11) is 0. The fourth-order valence-electron chi connectivity index (χ4n) is 3.15. The summed E-state index contributed by atoms with van der Waals surface area (Å²) in [6, 6.07) is 6.27. The van der Waals surface area contributed by atoms with E-state index in [0.717, 1.165) is 17.5 Å². The van der Waals surface area contributed by atoms with Crippen LogP contribution >= 0.6 is 0 Å². The van der Waals surface area contributed by atoms with Gasteiger partial charge >= 0.3 is 0 Å². The summed E-state index contributed by atoms with van der Waals surface area (Å²) in [5, 5.41) is 7.83. The van der Waals surface area contributed by atoms with E-state index in [4.69, 9.17) is 0 Å². The van der Waals surface area contributed by atoms with Crippen LogP contribution < -0.4 is 0 Å². The van der Waals surface area contributed by atoms with E-state index in [9.17, 15) is 4.39 Å². The number of hydrogen-bond acceptors (Lipinski definition) is 2. The van der Waals surface area contributed by atoms with Crippen LogP contribution in [0.5, 0.6) is 0 Å². The molecule has 0 spiro atoms. The molecule has 0 bridgehead atoms. The number of aryl methyl sites for hydroxylation is 1. The van der Waals surface area contributed by atoms with Crippen molar-refractivity contribution in [2.24, 2.45) is 5.41 Å². The zero-order chi connectivity index (χ0) is 18.8. The summed E-state index contributed by atoms with van der Waals surface area (Å²) >= 11 is 0. The van der Waals surface area contributed by atoms with Gasteiger partial charge in [0, 0.05) is 1.43 Å². The van der Waals surface area contributed by atoms with Crippen LogP contribution in [0, 0.1) is 11.2 Å². The van der Waals surface area contributed by atoms with Crippen molar-refractivity contribution in [1.82, 2.24) is 15.0 Å². The molecule has 146 valence electrons. The summed E-state index contributed by atoms with van der Waals surface area (Å²) in [6.45, 7) is 6.66. The van der Waals surface area contributed by atoms with Crippen LogP contribution in [0.15, 0.2) is 30.5 Å². The average molecular weight is 362 g/mol. The monoisotopic (exact) mass is 361 g/mol. The first kappa shape index (κ1) is 20.6. The van der Waals surface area contributed by atoms with Crippen LogP contribution in [-0.4, -0.2) is 15.0 Å². The second-order valence-corrected chi connectivity index (χ2v) is 8.13. The maximum absolute atomic E-state index is 12.9. The average Bonchev–Trinajstić information content (AvgIpc) is 3.12. The first-order chi connectivity index (χ1) is 12.5. The van der Waals surface area contributed by atoms with E-state index in [2.05, 4.69) is 24.2 Å². The lowest BCUT2D eigenvalue weighted by Crippen LogP contribution is -2.20. The predicted molar refractivity (Wildman–Crippen MR) is 108 cm³/mol. The third-order valence-corrected chi connectivity index (χ3v) is 5.18. The van der Waals surface area contributed by atoms with Gasteiger partial charge in [-0.05, 0) is 42.9 Å². The zero-order valence-corrected chi connectivity index (χ0v) is 16.7. The third kappa shape index (κ3) is 7.27. The molecule has 0 unspecified atom stereocenters. The van der Waals surface area contributed by atoms with Crippen molar-refractivity contribution in [1.29, 1.82) is 0 Å². The Kier molecular flexibility index (Phi) is 8.27. The topological polar surface area (TPSA) is 30.7 Å². The maximum Gasteiger partial charge on any atom is 0.125 e. The first-order valence-corrected chi connectivity index (χ1v) is 10.2. The number of hydrogen-bond donors (Lipinski definition) is 0. The van der Waals surface area contributed by atoms with Gasteiger partial charge in [-0.2, -0.15) is 0 Å². The van der Waals surface area contributed by atoms with Crippen molar-refractivity contribution in [3.8, 4) is 5.69 Å². The van der Waals surface area contributed by atoms with Gasteiger partial charge in [-0.1, -0.05) is 77.0 Å². The lowest BCUT2D eigenvalue weighted by atomic mass is 9.72. The van der Waals surface area contributed by atoms with Crippen molar-refractivity contribution < 1.29 is 5.82 Å². The van der Waals surface area contributed by atoms with Crippen LogP contribution in [0.4, 0.5) is 4.39 Å². The summed E-state index contributed by atoms with van der Waals surface area (Å²) < 4.78 is 14.5. The molecular weight excluding hydrogens is 325 g/mol. The highest BCUT2D eigenvalue weighted by Crippen LogP contribution is 2.38. The van der Waals surface area contributed by atoms with Crippen LogP contribution in [0.2, 0.25) is 0 Å². The molecule has 3 nitrogen and oxygen atoms in total. The van der Waals surface area contributed by atoms with Crippen molar-refractivity contribution >= 4 is 0 Å². The van der Waals surface area contributed by atoms with Gasteiger partial charge in [0.1, 0.15) is 5.82 Å². The van der Waals surface area contributed by atoms with Gasteiger partial charge in [-0.15, -0.1) is 5.10 Å². The molecule has 2 fully saturated rings. The largest absolute Gasteiger partial charge is 0.220 e. The Morgan fingerprint density at radius 1 is 1.04 bits per heavy atom. The number of benzene rings is 1. The van der Waals surface area contributed by atoms with Crippen LogP contribution in [0.25, 0.3) is 5.69 Å². The van der Waals surface area contributed by atoms with Gasteiger partial charge in [0.25, 0.3) is 0 Å². The Labute approximate surface area is 159 Å². The zero-order valence-electron chi connectivity index (χ0n) is 16.7. The van der Waals surface area contributed by atoms with Gasteiger partial charge in [0.05, 0.1) is 17.6 Å². The fraction of sp³-hybridized carbons (Fsp3) is 0.636. The summed E-state index contributed by atoms with van der Waals surface area (Å²) in [6.07, 6.45) is 16.0. The van der Waals surface area contributed by atoms with E-state index >= 15 is 0 Å². The second kappa shape index (κ2) is 10.4. The smallest absolute Gasteiger partial charge is 0.125 e. The highest BCUT2D eigenvalue weighted by atomic mass is 19.1. The molecule has 1 heterocycles. The minimum Gasteiger partial charge on any atom is -0.220 e. The summed E-state index contributed by atoms with van der Waals surface area (Å²) in [5.74, 6) is -0.268. The molecule has 2 aliphatic carbocycles. The highest BCUT2D eigenvalue weighted by molar-refractivity contribution is 5.30. The van der Waals surface area contributed by atoms with Crippen molar-refractivity contribution in [2.45, 2.75) is 85.0 Å². The Balaban J connectivity index is 0.000000233. The van der Waals surface area contributed by atoms with E-state index in [1.165, 1.54) is 69.9 Å². The van der Waals surface area contributed by atoms with E-state index < -0.39 is 0 Å². The molecular formula is C22H36FN3. The predicted octanol–water partition coefficient (Wildman–Crippen LogP) is 6.75. The number of aromatic nitrogens is 3. The minimum atomic E-state index is -0.268. The molecule has 0 N–H and O–H groups in total. The maximum atomic E-state index is 12.9. The van der Waals surface area contributed by atoms with Gasteiger partial charge < -0.3 is 0 Å². The SMILES string of the molecule is C1CCCCC1.CC1(C)CCC1.CCc1cn(-c2cccc(F)c2)nn1.[HH]. The molecule has 1 aromatic carbocycles. The Bertz CT molecular complexity index is 633. The first-order valence-electron chi connectivity index (χ1n) is 10.2. The van der Waals surface area contributed by atoms with Crippen LogP contribution in [-0.2, 0) is 6.42 Å². The van der Waals surface area contributed by atoms with Crippen LogP contribution in [0.1, 0.15) is 85.7 Å².